The molecule has 0 aliphatic heterocycles. The van der Waals surface area contributed by atoms with E-state index < -0.39 is 11.7 Å². The van der Waals surface area contributed by atoms with Gasteiger partial charge in [-0.05, 0) is 37.6 Å². The number of nitrogens with one attached hydrogen (secondary N) is 1. The Balaban J connectivity index is 2.95. The van der Waals surface area contributed by atoms with Crippen molar-refractivity contribution in [2.24, 2.45) is 0 Å². The minimum absolute atomic E-state index is 0.0377. The van der Waals surface area contributed by atoms with E-state index in [9.17, 15) is 9.18 Å². The van der Waals surface area contributed by atoms with E-state index in [0.29, 0.717) is 5.56 Å². The number of nitrogens with zero attached hydrogens (tertiary/aromatic N) is 1. The van der Waals surface area contributed by atoms with Gasteiger partial charge in [-0.2, -0.15) is 5.26 Å². The lowest BCUT2D eigenvalue weighted by molar-refractivity contribution is -0.117. The van der Waals surface area contributed by atoms with Gasteiger partial charge in [-0.15, -0.1) is 0 Å². The highest BCUT2D eigenvalue weighted by Gasteiger charge is 2.09. The van der Waals surface area contributed by atoms with Crippen LogP contribution >= 0.6 is 0 Å². The van der Waals surface area contributed by atoms with Gasteiger partial charge in [-0.3, -0.25) is 4.79 Å². The molecule has 0 spiro atoms. The van der Waals surface area contributed by atoms with Gasteiger partial charge in [-0.25, -0.2) is 4.39 Å². The number of nitriles is 1. The first-order chi connectivity index (χ1) is 8.02. The molecule has 0 aliphatic carbocycles. The van der Waals surface area contributed by atoms with Gasteiger partial charge in [0.15, 0.2) is 0 Å². The summed E-state index contributed by atoms with van der Waals surface area (Å²) in [4.78, 5) is 11.6. The molecule has 88 valence electrons. The van der Waals surface area contributed by atoms with E-state index >= 15 is 0 Å². The van der Waals surface area contributed by atoms with Crippen molar-refractivity contribution >= 4 is 12.0 Å². The zero-order valence-corrected chi connectivity index (χ0v) is 9.70. The number of carbonyl (C=O) groups excluding carboxylic acids is 1. The van der Waals surface area contributed by atoms with Crippen LogP contribution in [0.3, 0.4) is 0 Å². The van der Waals surface area contributed by atoms with Crippen LogP contribution in [0.4, 0.5) is 4.39 Å². The highest BCUT2D eigenvalue weighted by molar-refractivity contribution is 6.01. The van der Waals surface area contributed by atoms with Gasteiger partial charge in [0.2, 0.25) is 0 Å². The molecule has 0 atom stereocenters. The molecule has 0 unspecified atom stereocenters. The predicted molar refractivity (Wildman–Crippen MR) is 63.3 cm³/mol. The van der Waals surface area contributed by atoms with Gasteiger partial charge in [0.1, 0.15) is 17.5 Å². The van der Waals surface area contributed by atoms with Crippen LogP contribution in [0.5, 0.6) is 0 Å². The van der Waals surface area contributed by atoms with Crippen LogP contribution in [0, 0.1) is 17.1 Å². The third-order valence-electron chi connectivity index (χ3n) is 1.94. The normalized spacial score (nSPS) is 11.1. The third-order valence-corrected chi connectivity index (χ3v) is 1.94. The van der Waals surface area contributed by atoms with Crippen LogP contribution in [0.2, 0.25) is 0 Å². The van der Waals surface area contributed by atoms with Crippen LogP contribution in [0.25, 0.3) is 6.08 Å². The SMILES string of the molecule is CC(C)NC(=O)/C(C#N)=C/c1cccc(F)c1. The molecule has 1 amide bonds. The maximum atomic E-state index is 12.9. The summed E-state index contributed by atoms with van der Waals surface area (Å²) in [6.07, 6.45) is 1.36. The van der Waals surface area contributed by atoms with Crippen molar-refractivity contribution < 1.29 is 9.18 Å². The van der Waals surface area contributed by atoms with Crippen molar-refractivity contribution in [2.45, 2.75) is 19.9 Å². The summed E-state index contributed by atoms with van der Waals surface area (Å²) >= 11 is 0. The molecule has 0 aromatic heterocycles. The Morgan fingerprint density at radius 2 is 2.24 bits per heavy atom. The maximum Gasteiger partial charge on any atom is 0.262 e. The number of hydrogen-bond acceptors (Lipinski definition) is 2. The second kappa shape index (κ2) is 5.80. The van der Waals surface area contributed by atoms with Crippen LogP contribution in [-0.4, -0.2) is 11.9 Å². The van der Waals surface area contributed by atoms with Crippen LogP contribution in [-0.2, 0) is 4.79 Å². The average Bonchev–Trinajstić information content (AvgIpc) is 2.24. The van der Waals surface area contributed by atoms with E-state index in [1.807, 2.05) is 0 Å². The summed E-state index contributed by atoms with van der Waals surface area (Å²) in [6.45, 7) is 3.60. The van der Waals surface area contributed by atoms with Gasteiger partial charge in [0.05, 0.1) is 0 Å². The van der Waals surface area contributed by atoms with Gasteiger partial charge in [-0.1, -0.05) is 12.1 Å². The first-order valence-corrected chi connectivity index (χ1v) is 5.21. The van der Waals surface area contributed by atoms with E-state index in [-0.39, 0.29) is 11.6 Å². The van der Waals surface area contributed by atoms with Crippen molar-refractivity contribution in [1.82, 2.24) is 5.32 Å². The molecule has 0 heterocycles. The molecule has 0 saturated carbocycles. The van der Waals surface area contributed by atoms with E-state index in [1.165, 1.54) is 24.3 Å². The predicted octanol–water partition coefficient (Wildman–Crippen LogP) is 2.26. The quantitative estimate of drug-likeness (QED) is 0.642. The molecule has 0 bridgehead atoms. The molecule has 1 aromatic rings. The second-order valence-electron chi connectivity index (χ2n) is 3.85. The van der Waals surface area contributed by atoms with E-state index in [2.05, 4.69) is 5.32 Å². The summed E-state index contributed by atoms with van der Waals surface area (Å²) in [5, 5.41) is 11.5. The van der Waals surface area contributed by atoms with Crippen molar-refractivity contribution in [1.29, 1.82) is 5.26 Å². The first kappa shape index (κ1) is 12.9. The van der Waals surface area contributed by atoms with Gasteiger partial charge in [0.25, 0.3) is 5.91 Å². The van der Waals surface area contributed by atoms with E-state index in [1.54, 1.807) is 26.0 Å². The van der Waals surface area contributed by atoms with Crippen molar-refractivity contribution in [2.75, 3.05) is 0 Å². The standard InChI is InChI=1S/C13H13FN2O/c1-9(2)16-13(17)11(8-15)6-10-4-3-5-12(14)7-10/h3-7,9H,1-2H3,(H,16,17)/b11-6+. The Morgan fingerprint density at radius 3 is 2.76 bits per heavy atom. The third kappa shape index (κ3) is 4.07. The molecule has 1 aromatic carbocycles. The Labute approximate surface area is 99.6 Å². The van der Waals surface area contributed by atoms with E-state index in [4.69, 9.17) is 5.26 Å². The summed E-state index contributed by atoms with van der Waals surface area (Å²) in [5.74, 6) is -0.855. The lowest BCUT2D eigenvalue weighted by Gasteiger charge is -2.06. The maximum absolute atomic E-state index is 12.9. The second-order valence-corrected chi connectivity index (χ2v) is 3.85. The molecule has 0 radical (unpaired) electrons. The van der Waals surface area contributed by atoms with E-state index in [0.717, 1.165) is 0 Å². The fraction of sp³-hybridized carbons (Fsp3) is 0.231. The lowest BCUT2D eigenvalue weighted by atomic mass is 10.1. The minimum atomic E-state index is -0.452. The molecule has 1 N–H and O–H groups in total. The molecule has 17 heavy (non-hydrogen) atoms. The molecule has 0 aliphatic rings. The lowest BCUT2D eigenvalue weighted by Crippen LogP contribution is -2.30. The largest absolute Gasteiger partial charge is 0.349 e. The summed E-state index contributed by atoms with van der Waals surface area (Å²) in [6, 6.07) is 7.47. The molecule has 0 saturated heterocycles. The topological polar surface area (TPSA) is 52.9 Å². The number of amides is 1. The highest BCUT2D eigenvalue weighted by atomic mass is 19.1. The number of carbonyl (C=O) groups is 1. The number of benzene rings is 1. The highest BCUT2D eigenvalue weighted by Crippen LogP contribution is 2.09. The minimum Gasteiger partial charge on any atom is -0.349 e. The van der Waals surface area contributed by atoms with Crippen LogP contribution in [0.1, 0.15) is 19.4 Å². The van der Waals surface area contributed by atoms with Gasteiger partial charge >= 0.3 is 0 Å². The monoisotopic (exact) mass is 232 g/mol. The molecular weight excluding hydrogens is 219 g/mol. The summed E-state index contributed by atoms with van der Waals surface area (Å²) in [5.41, 5.74) is 0.449. The molecule has 4 heteroatoms. The number of halogens is 1. The zero-order chi connectivity index (χ0) is 12.8. The Bertz CT molecular complexity index is 486. The van der Waals surface area contributed by atoms with Crippen LogP contribution < -0.4 is 5.32 Å². The number of hydrogen-bond donors (Lipinski definition) is 1. The molecule has 1 rings (SSSR count). The number of rotatable bonds is 3. The van der Waals surface area contributed by atoms with Gasteiger partial charge < -0.3 is 5.32 Å². The smallest absolute Gasteiger partial charge is 0.262 e. The average molecular weight is 232 g/mol. The molecule has 0 fully saturated rings. The fourth-order valence-corrected chi connectivity index (χ4v) is 1.25. The fourth-order valence-electron chi connectivity index (χ4n) is 1.25. The summed E-state index contributed by atoms with van der Waals surface area (Å²) < 4.78 is 12.9. The molecule has 3 nitrogen and oxygen atoms in total. The van der Waals surface area contributed by atoms with Crippen molar-refractivity contribution in [3.05, 3.63) is 41.2 Å². The van der Waals surface area contributed by atoms with Crippen molar-refractivity contribution in [3.63, 3.8) is 0 Å². The Morgan fingerprint density at radius 1 is 1.53 bits per heavy atom. The zero-order valence-electron chi connectivity index (χ0n) is 9.70. The van der Waals surface area contributed by atoms with Gasteiger partial charge in [0, 0.05) is 6.04 Å². The first-order valence-electron chi connectivity index (χ1n) is 5.21. The Hall–Kier alpha value is -2.15. The Kier molecular flexibility index (Phi) is 4.41. The van der Waals surface area contributed by atoms with Crippen molar-refractivity contribution in [3.8, 4) is 6.07 Å². The molecular formula is C13H13FN2O. The summed E-state index contributed by atoms with van der Waals surface area (Å²) in [7, 11) is 0. The van der Waals surface area contributed by atoms with Crippen LogP contribution in [0.15, 0.2) is 29.8 Å².